The lowest BCUT2D eigenvalue weighted by atomic mass is 10.1. The van der Waals surface area contributed by atoms with Crippen LogP contribution in [0.5, 0.6) is 0 Å². The number of hydrogen-bond donors (Lipinski definition) is 0. The van der Waals surface area contributed by atoms with Crippen molar-refractivity contribution < 1.29 is 4.79 Å². The van der Waals surface area contributed by atoms with Crippen molar-refractivity contribution in [2.75, 3.05) is 6.54 Å². The molecule has 0 fully saturated rings. The monoisotopic (exact) mass is 402 g/mol. The number of carbonyl (C=O) groups is 1. The summed E-state index contributed by atoms with van der Waals surface area (Å²) in [4.78, 5) is 14.9. The summed E-state index contributed by atoms with van der Waals surface area (Å²) in [7, 11) is 0. The summed E-state index contributed by atoms with van der Waals surface area (Å²) in [5.41, 5.74) is 2.26. The lowest BCUT2D eigenvalue weighted by Crippen LogP contribution is -2.32. The number of nitrogens with zero attached hydrogens (tertiary/aromatic N) is 2. The fourth-order valence-electron chi connectivity index (χ4n) is 3.43. The van der Waals surface area contributed by atoms with Crippen LogP contribution >= 0.6 is 11.6 Å². The predicted molar refractivity (Wildman–Crippen MR) is 119 cm³/mol. The van der Waals surface area contributed by atoms with E-state index in [1.54, 1.807) is 0 Å². The van der Waals surface area contributed by atoms with Crippen LogP contribution < -0.4 is 0 Å². The maximum atomic E-state index is 12.8. The summed E-state index contributed by atoms with van der Waals surface area (Å²) in [5, 5.41) is 0.785. The minimum Gasteiger partial charge on any atom is -0.345 e. The molecule has 28 heavy (non-hydrogen) atoms. The molecule has 0 radical (unpaired) electrons. The molecule has 3 nitrogen and oxygen atoms in total. The molecule has 0 aliphatic carbocycles. The molecule has 1 aromatic heterocycles. The summed E-state index contributed by atoms with van der Waals surface area (Å²) in [6, 6.07) is 12.1. The summed E-state index contributed by atoms with van der Waals surface area (Å²) in [6.07, 6.45) is 10.8. The van der Waals surface area contributed by atoms with Crippen LogP contribution in [-0.4, -0.2) is 21.9 Å². The van der Waals surface area contributed by atoms with Crippen molar-refractivity contribution in [2.45, 2.75) is 78.3 Å². The van der Waals surface area contributed by atoms with E-state index in [1.807, 2.05) is 23.1 Å². The van der Waals surface area contributed by atoms with Crippen LogP contribution in [-0.2, 0) is 17.9 Å². The van der Waals surface area contributed by atoms with Gasteiger partial charge in [0.2, 0.25) is 5.91 Å². The first kappa shape index (κ1) is 22.5. The van der Waals surface area contributed by atoms with Crippen LogP contribution in [0.3, 0.4) is 0 Å². The van der Waals surface area contributed by atoms with Crippen molar-refractivity contribution in [1.29, 1.82) is 0 Å². The van der Waals surface area contributed by atoms with Crippen LogP contribution in [0.25, 0.3) is 0 Å². The van der Waals surface area contributed by atoms with Crippen molar-refractivity contribution in [1.82, 2.24) is 9.47 Å². The molecule has 1 aromatic carbocycles. The molecule has 0 unspecified atom stereocenters. The Kier molecular flexibility index (Phi) is 10.2. The van der Waals surface area contributed by atoms with E-state index in [4.69, 9.17) is 11.6 Å². The van der Waals surface area contributed by atoms with Gasteiger partial charge in [-0.25, -0.2) is 0 Å². The van der Waals surface area contributed by atoms with Crippen molar-refractivity contribution >= 4 is 17.5 Å². The molecular weight excluding hydrogens is 368 g/mol. The summed E-state index contributed by atoms with van der Waals surface area (Å²) in [6.45, 7) is 6.63. The Morgan fingerprint density at radius 1 is 0.964 bits per heavy atom. The van der Waals surface area contributed by atoms with E-state index in [-0.39, 0.29) is 5.91 Å². The zero-order chi connectivity index (χ0) is 20.2. The van der Waals surface area contributed by atoms with Crippen molar-refractivity contribution in [2.24, 2.45) is 0 Å². The molecule has 0 bridgehead atoms. The summed E-state index contributed by atoms with van der Waals surface area (Å²) in [5.74, 6) is 0.287. The van der Waals surface area contributed by atoms with Gasteiger partial charge < -0.3 is 9.47 Å². The van der Waals surface area contributed by atoms with Crippen LogP contribution in [0.2, 0.25) is 5.02 Å². The normalized spacial score (nSPS) is 11.0. The first-order chi connectivity index (χ1) is 13.7. The van der Waals surface area contributed by atoms with E-state index in [9.17, 15) is 4.79 Å². The van der Waals surface area contributed by atoms with E-state index in [1.165, 1.54) is 19.3 Å². The molecule has 0 atom stereocenters. The third kappa shape index (κ3) is 7.35. The maximum Gasteiger partial charge on any atom is 0.222 e. The molecule has 2 aromatic rings. The first-order valence-electron chi connectivity index (χ1n) is 10.8. The Labute approximate surface area is 175 Å². The third-order valence-corrected chi connectivity index (χ3v) is 5.57. The summed E-state index contributed by atoms with van der Waals surface area (Å²) < 4.78 is 2.20. The highest BCUT2D eigenvalue weighted by Gasteiger charge is 2.15. The number of hydrogen-bond acceptors (Lipinski definition) is 1. The molecule has 0 N–H and O–H groups in total. The van der Waals surface area contributed by atoms with Gasteiger partial charge in [-0.15, -0.1) is 0 Å². The second-order valence-electron chi connectivity index (χ2n) is 7.55. The fourth-order valence-corrected chi connectivity index (χ4v) is 3.63. The van der Waals surface area contributed by atoms with Gasteiger partial charge in [-0.2, -0.15) is 0 Å². The first-order valence-corrected chi connectivity index (χ1v) is 11.2. The van der Waals surface area contributed by atoms with E-state index in [0.717, 1.165) is 55.1 Å². The smallest absolute Gasteiger partial charge is 0.222 e. The number of amides is 1. The highest BCUT2D eigenvalue weighted by atomic mass is 35.5. The number of benzene rings is 1. The zero-order valence-corrected chi connectivity index (χ0v) is 18.3. The van der Waals surface area contributed by atoms with Gasteiger partial charge in [-0.3, -0.25) is 4.79 Å². The van der Waals surface area contributed by atoms with E-state index in [0.29, 0.717) is 13.0 Å². The Bertz CT molecular complexity index is 710. The number of unbranched alkanes of at least 4 members (excludes halogenated alkanes) is 5. The van der Waals surface area contributed by atoms with E-state index < -0.39 is 0 Å². The van der Waals surface area contributed by atoms with E-state index >= 15 is 0 Å². The van der Waals surface area contributed by atoms with Crippen LogP contribution in [0.15, 0.2) is 42.6 Å². The molecule has 0 aliphatic heterocycles. The van der Waals surface area contributed by atoms with Gasteiger partial charge in [0.15, 0.2) is 0 Å². The minimum absolute atomic E-state index is 0.287. The second-order valence-corrected chi connectivity index (χ2v) is 7.96. The van der Waals surface area contributed by atoms with Gasteiger partial charge in [-0.05, 0) is 36.6 Å². The van der Waals surface area contributed by atoms with Crippen molar-refractivity contribution in [3.63, 3.8) is 0 Å². The van der Waals surface area contributed by atoms with Gasteiger partial charge in [0.25, 0.3) is 0 Å². The van der Waals surface area contributed by atoms with Gasteiger partial charge >= 0.3 is 0 Å². The third-order valence-electron chi connectivity index (χ3n) is 5.20. The zero-order valence-electron chi connectivity index (χ0n) is 17.5. The standard InChI is InChI=1S/C24H35ClN2O/c1-3-5-7-8-9-16-24(28)27(17-6-4-2)20-22-14-12-18-26(22)19-21-13-10-11-15-23(21)25/h10-15,18H,3-9,16-17,19-20H2,1-2H3. The predicted octanol–water partition coefficient (Wildman–Crippen LogP) is 6.68. The van der Waals surface area contributed by atoms with Crippen LogP contribution in [0.1, 0.15) is 76.5 Å². The molecule has 4 heteroatoms. The average Bonchev–Trinajstić information content (AvgIpc) is 3.13. The number of halogens is 1. The highest BCUT2D eigenvalue weighted by Crippen LogP contribution is 2.19. The average molecular weight is 403 g/mol. The molecule has 1 heterocycles. The Hall–Kier alpha value is -1.74. The van der Waals surface area contributed by atoms with Gasteiger partial charge in [0.05, 0.1) is 6.54 Å². The summed E-state index contributed by atoms with van der Waals surface area (Å²) >= 11 is 6.33. The van der Waals surface area contributed by atoms with E-state index in [2.05, 4.69) is 42.8 Å². The van der Waals surface area contributed by atoms with Gasteiger partial charge in [0.1, 0.15) is 0 Å². The molecular formula is C24H35ClN2O. The molecule has 2 rings (SSSR count). The minimum atomic E-state index is 0.287. The van der Waals surface area contributed by atoms with Crippen LogP contribution in [0.4, 0.5) is 0 Å². The quantitative estimate of drug-likeness (QED) is 0.343. The Balaban J connectivity index is 1.99. The molecule has 0 spiro atoms. The number of aromatic nitrogens is 1. The topological polar surface area (TPSA) is 25.2 Å². The Morgan fingerprint density at radius 3 is 2.46 bits per heavy atom. The molecule has 0 aliphatic rings. The Morgan fingerprint density at radius 2 is 1.71 bits per heavy atom. The van der Waals surface area contributed by atoms with Crippen molar-refractivity contribution in [3.05, 3.63) is 58.9 Å². The maximum absolute atomic E-state index is 12.8. The van der Waals surface area contributed by atoms with Crippen LogP contribution in [0, 0.1) is 0 Å². The molecule has 1 amide bonds. The fraction of sp³-hybridized carbons (Fsp3) is 0.542. The largest absolute Gasteiger partial charge is 0.345 e. The number of rotatable bonds is 13. The van der Waals surface area contributed by atoms with Crippen molar-refractivity contribution in [3.8, 4) is 0 Å². The number of carbonyl (C=O) groups excluding carboxylic acids is 1. The molecule has 0 saturated heterocycles. The second kappa shape index (κ2) is 12.7. The highest BCUT2D eigenvalue weighted by molar-refractivity contribution is 6.31. The van der Waals surface area contributed by atoms with Gasteiger partial charge in [0, 0.05) is 36.4 Å². The SMILES string of the molecule is CCCCCCCC(=O)N(CCCC)Cc1cccn1Cc1ccccc1Cl. The van der Waals surface area contributed by atoms with Gasteiger partial charge in [-0.1, -0.05) is 75.8 Å². The lowest BCUT2D eigenvalue weighted by molar-refractivity contribution is -0.132. The molecule has 0 saturated carbocycles. The molecule has 154 valence electrons. The lowest BCUT2D eigenvalue weighted by Gasteiger charge is -2.24.